The fourth-order valence-corrected chi connectivity index (χ4v) is 4.86. The standard InChI is InChI=1S/C33H38N4O5/c1-21-12-14-22(15-13-21)26-9-5-6-10-27(26)30(38)36-25-18-19-28(41-31(34)39)23(20-25)16-17-24-8-7-11-29(35-24)37-32(40)42-33(2,3)4/h7-8,11-15,18-20H,5-6,9-10,16-17H2,1-4H3,(H2,34,39)(H,36,38)(H,35,37,40). The lowest BCUT2D eigenvalue weighted by molar-refractivity contribution is -0.113. The van der Waals surface area contributed by atoms with Gasteiger partial charge in [0.25, 0.3) is 5.91 Å². The van der Waals surface area contributed by atoms with Crippen LogP contribution in [0.2, 0.25) is 0 Å². The van der Waals surface area contributed by atoms with E-state index in [-0.39, 0.29) is 5.91 Å². The molecule has 0 atom stereocenters. The van der Waals surface area contributed by atoms with Crippen LogP contribution in [-0.4, -0.2) is 28.7 Å². The lowest BCUT2D eigenvalue weighted by Gasteiger charge is -2.21. The van der Waals surface area contributed by atoms with Crippen molar-refractivity contribution >= 4 is 35.2 Å². The van der Waals surface area contributed by atoms with Crippen molar-refractivity contribution in [2.24, 2.45) is 5.73 Å². The molecule has 4 rings (SSSR count). The molecule has 0 spiro atoms. The number of ether oxygens (including phenoxy) is 2. The summed E-state index contributed by atoms with van der Waals surface area (Å²) in [5, 5.41) is 5.69. The first kappa shape index (κ1) is 30.3. The van der Waals surface area contributed by atoms with Crippen LogP contribution in [0.4, 0.5) is 21.1 Å². The van der Waals surface area contributed by atoms with Gasteiger partial charge in [-0.25, -0.2) is 14.6 Å². The summed E-state index contributed by atoms with van der Waals surface area (Å²) >= 11 is 0. The second-order valence-electron chi connectivity index (χ2n) is 11.4. The maximum absolute atomic E-state index is 13.5. The molecule has 220 valence electrons. The smallest absolute Gasteiger partial charge is 0.413 e. The minimum Gasteiger partial charge on any atom is -0.444 e. The number of pyridine rings is 1. The van der Waals surface area contributed by atoms with Crippen LogP contribution in [0.15, 0.2) is 66.2 Å². The van der Waals surface area contributed by atoms with Gasteiger partial charge >= 0.3 is 12.2 Å². The molecule has 1 heterocycles. The third kappa shape index (κ3) is 8.67. The van der Waals surface area contributed by atoms with E-state index in [0.29, 0.717) is 47.8 Å². The van der Waals surface area contributed by atoms with Gasteiger partial charge in [-0.15, -0.1) is 0 Å². The van der Waals surface area contributed by atoms with Crippen LogP contribution < -0.4 is 21.1 Å². The number of hydrogen-bond acceptors (Lipinski definition) is 6. The van der Waals surface area contributed by atoms with Crippen LogP contribution in [0.3, 0.4) is 0 Å². The molecule has 9 nitrogen and oxygen atoms in total. The van der Waals surface area contributed by atoms with Gasteiger partial charge in [-0.3, -0.25) is 10.1 Å². The van der Waals surface area contributed by atoms with Crippen molar-refractivity contribution in [3.05, 3.63) is 88.6 Å². The maximum atomic E-state index is 13.5. The highest BCUT2D eigenvalue weighted by atomic mass is 16.6. The summed E-state index contributed by atoms with van der Waals surface area (Å²) in [4.78, 5) is 41.7. The molecule has 0 bridgehead atoms. The molecule has 0 unspecified atom stereocenters. The topological polar surface area (TPSA) is 133 Å². The van der Waals surface area contributed by atoms with Gasteiger partial charge in [-0.1, -0.05) is 35.9 Å². The van der Waals surface area contributed by atoms with E-state index < -0.39 is 17.8 Å². The summed E-state index contributed by atoms with van der Waals surface area (Å²) < 4.78 is 10.5. The summed E-state index contributed by atoms with van der Waals surface area (Å²) in [5.74, 6) is 0.532. The Bertz CT molecular complexity index is 1490. The summed E-state index contributed by atoms with van der Waals surface area (Å²) in [6, 6.07) is 18.7. The minimum atomic E-state index is -0.926. The third-order valence-corrected chi connectivity index (χ3v) is 6.76. The van der Waals surface area contributed by atoms with Crippen molar-refractivity contribution in [2.75, 3.05) is 10.6 Å². The number of hydrogen-bond donors (Lipinski definition) is 3. The Labute approximate surface area is 246 Å². The zero-order chi connectivity index (χ0) is 30.3. The number of rotatable bonds is 8. The van der Waals surface area contributed by atoms with Crippen LogP contribution in [0.1, 0.15) is 68.8 Å². The van der Waals surface area contributed by atoms with Gasteiger partial charge in [0.05, 0.1) is 0 Å². The minimum absolute atomic E-state index is 0.137. The number of carbonyl (C=O) groups excluding carboxylic acids is 3. The monoisotopic (exact) mass is 570 g/mol. The van der Waals surface area contributed by atoms with E-state index in [1.165, 1.54) is 5.56 Å². The number of aryl methyl sites for hydroxylation is 3. The van der Waals surface area contributed by atoms with Gasteiger partial charge < -0.3 is 20.5 Å². The molecule has 4 N–H and O–H groups in total. The number of allylic oxidation sites excluding steroid dienone is 1. The molecular weight excluding hydrogens is 532 g/mol. The highest BCUT2D eigenvalue weighted by Gasteiger charge is 2.21. The SMILES string of the molecule is Cc1ccc(C2=C(C(=O)Nc3ccc(OC(N)=O)c(CCc4cccc(NC(=O)OC(C)(C)C)n4)c3)CCCC2)cc1. The van der Waals surface area contributed by atoms with E-state index >= 15 is 0 Å². The molecule has 2 aromatic carbocycles. The largest absolute Gasteiger partial charge is 0.444 e. The van der Waals surface area contributed by atoms with Gasteiger partial charge in [0.1, 0.15) is 17.2 Å². The molecule has 0 radical (unpaired) electrons. The van der Waals surface area contributed by atoms with Crippen LogP contribution in [0.5, 0.6) is 5.75 Å². The lowest BCUT2D eigenvalue weighted by Crippen LogP contribution is -2.27. The normalized spacial score (nSPS) is 13.3. The molecule has 3 aromatic rings. The average Bonchev–Trinajstić information content (AvgIpc) is 2.92. The van der Waals surface area contributed by atoms with Gasteiger partial charge in [0.15, 0.2) is 0 Å². The Hall–Kier alpha value is -4.66. The van der Waals surface area contributed by atoms with Crippen molar-refractivity contribution < 1.29 is 23.9 Å². The maximum Gasteiger partial charge on any atom is 0.413 e. The molecule has 3 amide bonds. The average molecular weight is 571 g/mol. The zero-order valence-corrected chi connectivity index (χ0v) is 24.6. The third-order valence-electron chi connectivity index (χ3n) is 6.76. The van der Waals surface area contributed by atoms with Crippen LogP contribution in [0.25, 0.3) is 5.57 Å². The predicted octanol–water partition coefficient (Wildman–Crippen LogP) is 6.95. The van der Waals surface area contributed by atoms with Gasteiger partial charge in [0, 0.05) is 17.0 Å². The second kappa shape index (κ2) is 13.3. The van der Waals surface area contributed by atoms with Crippen molar-refractivity contribution in [3.63, 3.8) is 0 Å². The predicted molar refractivity (Wildman–Crippen MR) is 163 cm³/mol. The highest BCUT2D eigenvalue weighted by molar-refractivity contribution is 6.09. The number of nitrogens with two attached hydrogens (primary N) is 1. The molecule has 0 aliphatic heterocycles. The summed E-state index contributed by atoms with van der Waals surface area (Å²) in [6.07, 6.45) is 2.97. The number of anilines is 2. The Morgan fingerprint density at radius 1 is 0.929 bits per heavy atom. The van der Waals surface area contributed by atoms with E-state index in [9.17, 15) is 14.4 Å². The Balaban J connectivity index is 1.51. The summed E-state index contributed by atoms with van der Waals surface area (Å²) in [6.45, 7) is 7.40. The molecule has 42 heavy (non-hydrogen) atoms. The number of benzene rings is 2. The molecule has 0 saturated carbocycles. The van der Waals surface area contributed by atoms with Gasteiger partial charge in [-0.2, -0.15) is 0 Å². The Morgan fingerprint density at radius 2 is 1.67 bits per heavy atom. The highest BCUT2D eigenvalue weighted by Crippen LogP contribution is 2.34. The van der Waals surface area contributed by atoms with Crippen molar-refractivity contribution in [2.45, 2.75) is 71.8 Å². The fourth-order valence-electron chi connectivity index (χ4n) is 4.86. The van der Waals surface area contributed by atoms with E-state index in [4.69, 9.17) is 15.2 Å². The zero-order valence-electron chi connectivity index (χ0n) is 24.6. The lowest BCUT2D eigenvalue weighted by atomic mass is 9.86. The summed E-state index contributed by atoms with van der Waals surface area (Å²) in [7, 11) is 0. The van der Waals surface area contributed by atoms with Crippen molar-refractivity contribution in [3.8, 4) is 5.75 Å². The summed E-state index contributed by atoms with van der Waals surface area (Å²) in [5.41, 5.74) is 10.8. The van der Waals surface area contributed by atoms with Gasteiger partial charge in [0.2, 0.25) is 0 Å². The first-order chi connectivity index (χ1) is 20.0. The fraction of sp³-hybridized carbons (Fsp3) is 0.333. The number of carbonyl (C=O) groups is 3. The molecule has 1 aliphatic rings. The molecular formula is C33H38N4O5. The van der Waals surface area contributed by atoms with Crippen LogP contribution in [0, 0.1) is 6.92 Å². The van der Waals surface area contributed by atoms with Crippen LogP contribution >= 0.6 is 0 Å². The van der Waals surface area contributed by atoms with Gasteiger partial charge in [-0.05, 0) is 113 Å². The Kier molecular flexibility index (Phi) is 9.62. The first-order valence-corrected chi connectivity index (χ1v) is 14.1. The number of amides is 3. The van der Waals surface area contributed by atoms with Crippen molar-refractivity contribution in [1.82, 2.24) is 4.98 Å². The first-order valence-electron chi connectivity index (χ1n) is 14.1. The molecule has 9 heteroatoms. The Morgan fingerprint density at radius 3 is 2.38 bits per heavy atom. The van der Waals surface area contributed by atoms with E-state index in [1.54, 1.807) is 51.1 Å². The number of nitrogens with one attached hydrogen (secondary N) is 2. The molecule has 1 aromatic heterocycles. The molecule has 0 saturated heterocycles. The number of nitrogens with zero attached hydrogens (tertiary/aromatic N) is 1. The van der Waals surface area contributed by atoms with E-state index in [1.807, 2.05) is 13.0 Å². The number of primary amides is 1. The second-order valence-corrected chi connectivity index (χ2v) is 11.4. The van der Waals surface area contributed by atoms with Crippen LogP contribution in [-0.2, 0) is 22.4 Å². The molecule has 1 aliphatic carbocycles. The van der Waals surface area contributed by atoms with Crippen molar-refractivity contribution in [1.29, 1.82) is 0 Å². The quantitative estimate of drug-likeness (QED) is 0.269. The van der Waals surface area contributed by atoms with E-state index in [0.717, 1.165) is 36.0 Å². The molecule has 0 fully saturated rings. The number of aromatic nitrogens is 1. The van der Waals surface area contributed by atoms with E-state index in [2.05, 4.69) is 39.9 Å².